The van der Waals surface area contributed by atoms with E-state index >= 15 is 0 Å². The van der Waals surface area contributed by atoms with Crippen molar-refractivity contribution in [1.82, 2.24) is 4.72 Å². The van der Waals surface area contributed by atoms with Gasteiger partial charge in [-0.3, -0.25) is 4.79 Å². The zero-order chi connectivity index (χ0) is 19.0. The molecular weight excluding hydrogens is 360 g/mol. The monoisotopic (exact) mass is 384 g/mol. The van der Waals surface area contributed by atoms with E-state index in [1.165, 1.54) is 5.56 Å². The molecule has 0 aromatic heterocycles. The first-order valence-electron chi connectivity index (χ1n) is 9.47. The van der Waals surface area contributed by atoms with E-state index in [-0.39, 0.29) is 23.4 Å². The molecule has 0 bridgehead atoms. The number of amides is 1. The van der Waals surface area contributed by atoms with E-state index in [9.17, 15) is 13.2 Å². The van der Waals surface area contributed by atoms with Gasteiger partial charge in [-0.2, -0.15) is 0 Å². The number of anilines is 1. The first-order valence-corrected chi connectivity index (χ1v) is 11.0. The lowest BCUT2D eigenvalue weighted by Gasteiger charge is -2.23. The second-order valence-corrected chi connectivity index (χ2v) is 9.17. The molecule has 142 valence electrons. The van der Waals surface area contributed by atoms with Crippen molar-refractivity contribution in [2.75, 3.05) is 11.4 Å². The topological polar surface area (TPSA) is 66.5 Å². The number of para-hydroxylation sites is 1. The predicted octanol–water partition coefficient (Wildman–Crippen LogP) is 2.82. The van der Waals surface area contributed by atoms with Crippen LogP contribution >= 0.6 is 0 Å². The molecule has 0 saturated heterocycles. The highest BCUT2D eigenvalue weighted by Crippen LogP contribution is 2.31. The van der Waals surface area contributed by atoms with E-state index in [0.717, 1.165) is 48.9 Å². The van der Waals surface area contributed by atoms with E-state index in [1.54, 1.807) is 17.0 Å². The minimum Gasteiger partial charge on any atom is -0.308 e. The van der Waals surface area contributed by atoms with Gasteiger partial charge in [0.2, 0.25) is 15.9 Å². The first kappa shape index (κ1) is 18.2. The highest BCUT2D eigenvalue weighted by Gasteiger charge is 2.31. The van der Waals surface area contributed by atoms with Gasteiger partial charge in [-0.15, -0.1) is 0 Å². The molecule has 2 aromatic carbocycles. The fourth-order valence-corrected chi connectivity index (χ4v) is 5.17. The van der Waals surface area contributed by atoms with E-state index in [2.05, 4.69) is 4.72 Å². The van der Waals surface area contributed by atoms with Crippen LogP contribution in [-0.2, 0) is 34.1 Å². The maximum absolute atomic E-state index is 12.7. The molecule has 1 N–H and O–H groups in total. The average molecular weight is 385 g/mol. The minimum absolute atomic E-state index is 0.0307. The number of nitrogens with zero attached hydrogens (tertiary/aromatic N) is 1. The lowest BCUT2D eigenvalue weighted by Crippen LogP contribution is -2.43. The molecule has 1 amide bonds. The summed E-state index contributed by atoms with van der Waals surface area (Å²) in [4.78, 5) is 14.7. The Morgan fingerprint density at radius 3 is 2.63 bits per heavy atom. The van der Waals surface area contributed by atoms with Crippen LogP contribution in [0.2, 0.25) is 0 Å². The third-order valence-electron chi connectivity index (χ3n) is 5.52. The molecule has 0 fully saturated rings. The van der Waals surface area contributed by atoms with Gasteiger partial charge in [0.1, 0.15) is 0 Å². The molecule has 1 aliphatic heterocycles. The maximum atomic E-state index is 12.7. The quantitative estimate of drug-likeness (QED) is 0.881. The zero-order valence-corrected chi connectivity index (χ0v) is 16.3. The molecule has 6 heteroatoms. The Kier molecular flexibility index (Phi) is 4.78. The van der Waals surface area contributed by atoms with Crippen LogP contribution in [0.1, 0.15) is 36.5 Å². The second kappa shape index (κ2) is 7.09. The van der Waals surface area contributed by atoms with Crippen LogP contribution in [0.5, 0.6) is 0 Å². The molecule has 1 heterocycles. The Labute approximate surface area is 160 Å². The number of carbonyl (C=O) groups excluding carboxylic acids is 1. The van der Waals surface area contributed by atoms with Crippen molar-refractivity contribution in [2.24, 2.45) is 0 Å². The van der Waals surface area contributed by atoms with Crippen LogP contribution in [0.3, 0.4) is 0 Å². The normalized spacial score (nSPS) is 18.9. The van der Waals surface area contributed by atoms with Crippen LogP contribution in [0.4, 0.5) is 5.69 Å². The molecule has 1 aliphatic carbocycles. The van der Waals surface area contributed by atoms with Crippen LogP contribution in [0.25, 0.3) is 0 Å². The number of hydrogen-bond donors (Lipinski definition) is 1. The van der Waals surface area contributed by atoms with Crippen molar-refractivity contribution >= 4 is 21.6 Å². The van der Waals surface area contributed by atoms with Gasteiger partial charge in [-0.05, 0) is 73.9 Å². The van der Waals surface area contributed by atoms with Crippen LogP contribution in [0.15, 0.2) is 47.4 Å². The lowest BCUT2D eigenvalue weighted by molar-refractivity contribution is -0.117. The van der Waals surface area contributed by atoms with Crippen LogP contribution in [0, 0.1) is 0 Å². The fraction of sp³-hybridized carbons (Fsp3) is 0.381. The summed E-state index contributed by atoms with van der Waals surface area (Å²) in [5.41, 5.74) is 4.34. The van der Waals surface area contributed by atoms with Crippen molar-refractivity contribution in [1.29, 1.82) is 0 Å². The molecule has 27 heavy (non-hydrogen) atoms. The Bertz CT molecular complexity index is 985. The number of fused-ring (bicyclic) bond motifs is 2. The summed E-state index contributed by atoms with van der Waals surface area (Å²) in [7, 11) is -3.71. The minimum atomic E-state index is -3.71. The van der Waals surface area contributed by atoms with Crippen molar-refractivity contribution in [3.63, 3.8) is 0 Å². The summed E-state index contributed by atoms with van der Waals surface area (Å²) in [6.07, 6.45) is 4.96. The number of carbonyl (C=O) groups is 1. The average Bonchev–Trinajstić information content (AvgIpc) is 3.01. The van der Waals surface area contributed by atoms with Gasteiger partial charge >= 0.3 is 0 Å². The number of hydrogen-bond acceptors (Lipinski definition) is 3. The van der Waals surface area contributed by atoms with Gasteiger partial charge in [0, 0.05) is 11.7 Å². The van der Waals surface area contributed by atoms with Crippen molar-refractivity contribution < 1.29 is 13.2 Å². The summed E-state index contributed by atoms with van der Waals surface area (Å²) in [6.45, 7) is 1.74. The lowest BCUT2D eigenvalue weighted by atomic mass is 9.92. The van der Waals surface area contributed by atoms with E-state index in [0.29, 0.717) is 0 Å². The zero-order valence-electron chi connectivity index (χ0n) is 15.4. The maximum Gasteiger partial charge on any atom is 0.242 e. The third-order valence-corrected chi connectivity index (χ3v) is 6.92. The number of rotatable bonds is 4. The SMILES string of the molecule is CC1Cc2ccccc2N1C(=O)CNS(=O)(=O)c1ccc2c(c1)CCCC2. The van der Waals surface area contributed by atoms with E-state index in [4.69, 9.17) is 0 Å². The second-order valence-electron chi connectivity index (χ2n) is 7.41. The highest BCUT2D eigenvalue weighted by molar-refractivity contribution is 7.89. The van der Waals surface area contributed by atoms with Gasteiger partial charge in [-0.1, -0.05) is 24.3 Å². The number of aryl methyl sites for hydroxylation is 2. The van der Waals surface area contributed by atoms with E-state index in [1.807, 2.05) is 37.3 Å². The number of benzene rings is 2. The van der Waals surface area contributed by atoms with Crippen LogP contribution in [-0.4, -0.2) is 26.9 Å². The standard InChI is InChI=1S/C21H24N2O3S/c1-15-12-18-8-4-5-9-20(18)23(15)21(24)14-22-27(25,26)19-11-10-16-6-2-3-7-17(16)13-19/h4-5,8-11,13,15,22H,2-3,6-7,12,14H2,1H3. The molecule has 5 nitrogen and oxygen atoms in total. The Hall–Kier alpha value is -2.18. The van der Waals surface area contributed by atoms with Gasteiger partial charge < -0.3 is 4.90 Å². The molecule has 0 radical (unpaired) electrons. The summed E-state index contributed by atoms with van der Waals surface area (Å²) >= 11 is 0. The van der Waals surface area contributed by atoms with Crippen molar-refractivity contribution in [3.05, 3.63) is 59.2 Å². The van der Waals surface area contributed by atoms with Crippen LogP contribution < -0.4 is 9.62 Å². The molecule has 0 spiro atoms. The molecular formula is C21H24N2O3S. The summed E-state index contributed by atoms with van der Waals surface area (Å²) in [6, 6.07) is 13.1. The molecule has 0 saturated carbocycles. The largest absolute Gasteiger partial charge is 0.308 e. The van der Waals surface area contributed by atoms with Gasteiger partial charge in [-0.25, -0.2) is 13.1 Å². The number of sulfonamides is 1. The highest BCUT2D eigenvalue weighted by atomic mass is 32.2. The molecule has 2 aliphatic rings. The summed E-state index contributed by atoms with van der Waals surface area (Å²) < 4.78 is 27.9. The summed E-state index contributed by atoms with van der Waals surface area (Å²) in [5.74, 6) is -0.228. The Morgan fingerprint density at radius 2 is 1.81 bits per heavy atom. The van der Waals surface area contributed by atoms with Crippen molar-refractivity contribution in [3.8, 4) is 0 Å². The van der Waals surface area contributed by atoms with Gasteiger partial charge in [0.15, 0.2) is 0 Å². The molecule has 2 aromatic rings. The third kappa shape index (κ3) is 3.51. The molecule has 1 unspecified atom stereocenters. The predicted molar refractivity (Wildman–Crippen MR) is 105 cm³/mol. The van der Waals surface area contributed by atoms with Gasteiger partial charge in [0.25, 0.3) is 0 Å². The van der Waals surface area contributed by atoms with Gasteiger partial charge in [0.05, 0.1) is 11.4 Å². The molecule has 1 atom stereocenters. The summed E-state index contributed by atoms with van der Waals surface area (Å²) in [5, 5.41) is 0. The Morgan fingerprint density at radius 1 is 1.07 bits per heavy atom. The Balaban J connectivity index is 1.49. The fourth-order valence-electron chi connectivity index (χ4n) is 4.15. The molecule has 4 rings (SSSR count). The van der Waals surface area contributed by atoms with E-state index < -0.39 is 10.0 Å². The first-order chi connectivity index (χ1) is 13.0. The van der Waals surface area contributed by atoms with Crippen molar-refractivity contribution in [2.45, 2.75) is 50.0 Å². The smallest absolute Gasteiger partial charge is 0.242 e. The number of nitrogens with one attached hydrogen (secondary N) is 1.